The smallest absolute Gasteiger partial charge is 0.313 e. The number of ether oxygens (including phenoxy) is 1. The van der Waals surface area contributed by atoms with E-state index >= 15 is 8.78 Å². The average molecular weight is 399 g/mol. The SMILES string of the molecule is C=CC1(C2(OCCCCCCCCCC)CCCCC2)C=CC=C(F)C1(F)F. The van der Waals surface area contributed by atoms with E-state index in [0.717, 1.165) is 44.6 Å². The molecule has 0 heterocycles. The fourth-order valence-corrected chi connectivity index (χ4v) is 4.82. The third kappa shape index (κ3) is 4.75. The first kappa shape index (κ1) is 23.3. The fraction of sp³-hybridized carbons (Fsp3) is 0.750. The standard InChI is InChI=1S/C24H37F3O/c1-3-5-6-7-8-9-10-14-20-28-23(18-12-11-13-19-23)22(4-2)17-15-16-21(25)24(22,26)27/h4,15-17H,2-3,5-14,18-20H2,1H3. The lowest BCUT2D eigenvalue weighted by molar-refractivity contribution is -0.200. The summed E-state index contributed by atoms with van der Waals surface area (Å²) in [5.41, 5.74) is -2.90. The summed E-state index contributed by atoms with van der Waals surface area (Å²) >= 11 is 0. The zero-order valence-electron chi connectivity index (χ0n) is 17.5. The summed E-state index contributed by atoms with van der Waals surface area (Å²) in [4.78, 5) is 0. The largest absolute Gasteiger partial charge is 0.374 e. The number of hydrogen-bond donors (Lipinski definition) is 0. The van der Waals surface area contributed by atoms with Crippen LogP contribution in [0.25, 0.3) is 0 Å². The van der Waals surface area contributed by atoms with Gasteiger partial charge in [-0.25, -0.2) is 4.39 Å². The Labute approximate surface area is 169 Å². The lowest BCUT2D eigenvalue weighted by atomic mass is 9.60. The number of halogens is 3. The van der Waals surface area contributed by atoms with Gasteiger partial charge in [0, 0.05) is 6.61 Å². The zero-order valence-corrected chi connectivity index (χ0v) is 17.5. The molecule has 0 aromatic carbocycles. The van der Waals surface area contributed by atoms with Gasteiger partial charge in [-0.05, 0) is 25.3 Å². The Morgan fingerprint density at radius 1 is 1.00 bits per heavy atom. The van der Waals surface area contributed by atoms with Crippen molar-refractivity contribution in [1.29, 1.82) is 0 Å². The Morgan fingerprint density at radius 3 is 2.21 bits per heavy atom. The number of unbranched alkanes of at least 4 members (excludes halogenated alkanes) is 7. The molecule has 160 valence electrons. The van der Waals surface area contributed by atoms with Gasteiger partial charge in [-0.1, -0.05) is 89.4 Å². The highest BCUT2D eigenvalue weighted by atomic mass is 19.3. The van der Waals surface area contributed by atoms with Crippen molar-refractivity contribution >= 4 is 0 Å². The van der Waals surface area contributed by atoms with Crippen molar-refractivity contribution in [1.82, 2.24) is 0 Å². The molecule has 28 heavy (non-hydrogen) atoms. The molecule has 0 aromatic heterocycles. The fourth-order valence-electron chi connectivity index (χ4n) is 4.82. The molecule has 0 aliphatic heterocycles. The Hall–Kier alpha value is -1.03. The molecule has 1 fully saturated rings. The Balaban J connectivity index is 1.99. The second kappa shape index (κ2) is 10.7. The van der Waals surface area contributed by atoms with Crippen LogP contribution in [0.4, 0.5) is 13.2 Å². The summed E-state index contributed by atoms with van der Waals surface area (Å²) in [6, 6.07) is 0. The van der Waals surface area contributed by atoms with E-state index in [-0.39, 0.29) is 0 Å². The second-order valence-corrected chi connectivity index (χ2v) is 8.40. The third-order valence-electron chi connectivity index (χ3n) is 6.53. The van der Waals surface area contributed by atoms with Gasteiger partial charge in [0.15, 0.2) is 5.83 Å². The first-order valence-electron chi connectivity index (χ1n) is 11.2. The Bertz CT molecular complexity index is 546. The molecule has 4 heteroatoms. The van der Waals surface area contributed by atoms with Crippen LogP contribution in [-0.2, 0) is 4.74 Å². The minimum Gasteiger partial charge on any atom is -0.374 e. The molecular formula is C24H37F3O. The van der Waals surface area contributed by atoms with Crippen molar-refractivity contribution in [3.8, 4) is 0 Å². The number of rotatable bonds is 12. The van der Waals surface area contributed by atoms with Gasteiger partial charge in [0.1, 0.15) is 5.41 Å². The molecule has 1 saturated carbocycles. The summed E-state index contributed by atoms with van der Waals surface area (Å²) in [5, 5.41) is 0. The first-order valence-corrected chi connectivity index (χ1v) is 11.2. The van der Waals surface area contributed by atoms with Crippen LogP contribution in [-0.4, -0.2) is 18.1 Å². The van der Waals surface area contributed by atoms with Crippen molar-refractivity contribution in [3.05, 3.63) is 36.7 Å². The topological polar surface area (TPSA) is 9.23 Å². The Morgan fingerprint density at radius 2 is 1.61 bits per heavy atom. The molecule has 0 N–H and O–H groups in total. The van der Waals surface area contributed by atoms with E-state index in [9.17, 15) is 4.39 Å². The molecule has 0 bridgehead atoms. The summed E-state index contributed by atoms with van der Waals surface area (Å²) < 4.78 is 50.5. The summed E-state index contributed by atoms with van der Waals surface area (Å²) in [6.07, 6.45) is 18.0. The van der Waals surface area contributed by atoms with Crippen molar-refractivity contribution in [2.24, 2.45) is 5.41 Å². The van der Waals surface area contributed by atoms with Gasteiger partial charge >= 0.3 is 5.92 Å². The number of allylic oxidation sites excluding steroid dienone is 3. The molecule has 0 saturated heterocycles. The summed E-state index contributed by atoms with van der Waals surface area (Å²) in [5.74, 6) is -5.02. The molecular weight excluding hydrogens is 361 g/mol. The van der Waals surface area contributed by atoms with E-state index in [2.05, 4.69) is 13.5 Å². The minimum atomic E-state index is -3.62. The number of alkyl halides is 2. The molecule has 1 unspecified atom stereocenters. The van der Waals surface area contributed by atoms with Gasteiger partial charge in [0.2, 0.25) is 0 Å². The summed E-state index contributed by atoms with van der Waals surface area (Å²) in [7, 11) is 0. The highest BCUT2D eigenvalue weighted by molar-refractivity contribution is 5.37. The first-order chi connectivity index (χ1) is 13.5. The normalized spacial score (nSPS) is 26.1. The molecule has 2 rings (SSSR count). The molecule has 2 aliphatic rings. The maximum absolute atomic E-state index is 15.1. The lowest BCUT2D eigenvalue weighted by Gasteiger charge is -2.53. The lowest BCUT2D eigenvalue weighted by Crippen LogP contribution is -2.59. The van der Waals surface area contributed by atoms with Crippen LogP contribution >= 0.6 is 0 Å². The molecule has 0 radical (unpaired) electrons. The van der Waals surface area contributed by atoms with Crippen LogP contribution in [0, 0.1) is 5.41 Å². The van der Waals surface area contributed by atoms with Crippen LogP contribution in [0.2, 0.25) is 0 Å². The molecule has 0 amide bonds. The Kier molecular flexibility index (Phi) is 8.85. The van der Waals surface area contributed by atoms with Gasteiger partial charge in [-0.2, -0.15) is 8.78 Å². The number of hydrogen-bond acceptors (Lipinski definition) is 1. The van der Waals surface area contributed by atoms with Gasteiger partial charge in [-0.15, -0.1) is 6.58 Å². The van der Waals surface area contributed by atoms with Crippen molar-refractivity contribution in [3.63, 3.8) is 0 Å². The average Bonchev–Trinajstić information content (AvgIpc) is 2.69. The quantitative estimate of drug-likeness (QED) is 0.238. The maximum Gasteiger partial charge on any atom is 0.313 e. The second-order valence-electron chi connectivity index (χ2n) is 8.40. The van der Waals surface area contributed by atoms with E-state index in [4.69, 9.17) is 4.74 Å². The van der Waals surface area contributed by atoms with Crippen LogP contribution in [0.15, 0.2) is 36.7 Å². The van der Waals surface area contributed by atoms with Gasteiger partial charge in [0.05, 0.1) is 5.60 Å². The van der Waals surface area contributed by atoms with E-state index in [0.29, 0.717) is 19.4 Å². The van der Waals surface area contributed by atoms with E-state index in [1.54, 1.807) is 0 Å². The van der Waals surface area contributed by atoms with E-state index in [1.807, 2.05) is 0 Å². The van der Waals surface area contributed by atoms with E-state index in [1.165, 1.54) is 50.3 Å². The molecule has 0 aromatic rings. The van der Waals surface area contributed by atoms with Crippen LogP contribution in [0.3, 0.4) is 0 Å². The van der Waals surface area contributed by atoms with Crippen molar-refractivity contribution in [2.75, 3.05) is 6.61 Å². The molecule has 2 aliphatic carbocycles. The van der Waals surface area contributed by atoms with Crippen LogP contribution < -0.4 is 0 Å². The highest BCUT2D eigenvalue weighted by Gasteiger charge is 2.66. The van der Waals surface area contributed by atoms with Gasteiger partial charge in [-0.3, -0.25) is 0 Å². The van der Waals surface area contributed by atoms with E-state index < -0.39 is 22.8 Å². The van der Waals surface area contributed by atoms with Crippen molar-refractivity contribution < 1.29 is 17.9 Å². The summed E-state index contributed by atoms with van der Waals surface area (Å²) in [6.45, 7) is 6.35. The van der Waals surface area contributed by atoms with Crippen LogP contribution in [0.1, 0.15) is 90.4 Å². The third-order valence-corrected chi connectivity index (χ3v) is 6.53. The monoisotopic (exact) mass is 398 g/mol. The van der Waals surface area contributed by atoms with Crippen molar-refractivity contribution in [2.45, 2.75) is 102 Å². The molecule has 0 spiro atoms. The van der Waals surface area contributed by atoms with Gasteiger partial charge < -0.3 is 4.74 Å². The predicted octanol–water partition coefficient (Wildman–Crippen LogP) is 8.08. The minimum absolute atomic E-state index is 0.444. The maximum atomic E-state index is 15.1. The van der Waals surface area contributed by atoms with Crippen LogP contribution in [0.5, 0.6) is 0 Å². The molecule has 1 atom stereocenters. The predicted molar refractivity (Wildman–Crippen MR) is 110 cm³/mol. The van der Waals surface area contributed by atoms with Gasteiger partial charge in [0.25, 0.3) is 0 Å². The zero-order chi connectivity index (χ0) is 20.5. The molecule has 1 nitrogen and oxygen atoms in total. The highest BCUT2D eigenvalue weighted by Crippen LogP contribution is 2.59.